The number of nitrogens with one attached hydrogen (secondary N) is 6. The molecular weight excluding hydrogens is 781 g/mol. The third-order valence-electron chi connectivity index (χ3n) is 11.2. The maximum Gasteiger partial charge on any atom is 0.243 e. The Hall–Kier alpha value is -6.73. The van der Waals surface area contributed by atoms with Crippen molar-refractivity contribution >= 4 is 51.3 Å². The first-order valence-corrected chi connectivity index (χ1v) is 21.3. The van der Waals surface area contributed by atoms with Crippen molar-refractivity contribution in [2.45, 2.75) is 89.6 Å². The Bertz CT molecular complexity index is 2460. The standard InChI is InChI=1S/C49H58N8O5/c1-5-57-30-35(37-21-13-15-23-44(37)57)28-43(48(61)53-39(45(50)58)24-31(2)3)56-47(60)41(26-33-18-10-7-11-19-33)54-49(62)42(27-34-29-52-38-22-14-12-20-36(34)38)55-46(59)40(51-4)25-32-16-8-6-9-17-32/h6-23,29-31,39-43,51-52H,5,24-28H2,1-4H3,(H2,50,58)(H,53,61)(H,54,62)(H,55,59)(H,56,60)/t39-,40+,41-,42+,43+/m0/s1. The highest BCUT2D eigenvalue weighted by atomic mass is 16.2. The van der Waals surface area contributed by atoms with Crippen LogP contribution in [0.3, 0.4) is 0 Å². The first-order valence-electron chi connectivity index (χ1n) is 21.3. The van der Waals surface area contributed by atoms with Gasteiger partial charge in [0.25, 0.3) is 0 Å². The normalized spacial score (nSPS) is 13.8. The van der Waals surface area contributed by atoms with Crippen LogP contribution in [0.25, 0.3) is 21.8 Å². The molecular formula is C49H58N8O5. The van der Waals surface area contributed by atoms with Gasteiger partial charge in [-0.2, -0.15) is 0 Å². The van der Waals surface area contributed by atoms with Crippen LogP contribution in [0, 0.1) is 5.92 Å². The first-order chi connectivity index (χ1) is 29.9. The van der Waals surface area contributed by atoms with Crippen LogP contribution in [-0.2, 0) is 56.2 Å². The summed E-state index contributed by atoms with van der Waals surface area (Å²) in [6.07, 6.45) is 4.79. The number of hydrogen-bond acceptors (Lipinski definition) is 6. The molecule has 13 nitrogen and oxygen atoms in total. The van der Waals surface area contributed by atoms with E-state index in [1.807, 2.05) is 142 Å². The van der Waals surface area contributed by atoms with E-state index in [1.54, 1.807) is 7.05 Å². The Morgan fingerprint density at radius 1 is 0.581 bits per heavy atom. The van der Waals surface area contributed by atoms with E-state index in [-0.39, 0.29) is 31.1 Å². The summed E-state index contributed by atoms with van der Waals surface area (Å²) in [6.45, 7) is 6.56. The molecule has 5 atom stereocenters. The van der Waals surface area contributed by atoms with Gasteiger partial charge in [-0.25, -0.2) is 0 Å². The van der Waals surface area contributed by atoms with E-state index in [9.17, 15) is 24.0 Å². The van der Waals surface area contributed by atoms with Crippen molar-refractivity contribution in [1.82, 2.24) is 36.1 Å². The summed E-state index contributed by atoms with van der Waals surface area (Å²) in [5.74, 6) is -2.78. The third kappa shape index (κ3) is 11.5. The van der Waals surface area contributed by atoms with Crippen molar-refractivity contribution in [3.8, 4) is 0 Å². The molecule has 6 rings (SSSR count). The van der Waals surface area contributed by atoms with Crippen LogP contribution < -0.4 is 32.3 Å². The molecule has 6 aromatic rings. The molecule has 0 unspecified atom stereocenters. The molecule has 2 aromatic heterocycles. The lowest BCUT2D eigenvalue weighted by Gasteiger charge is -2.27. The molecule has 0 spiro atoms. The number of amides is 5. The smallest absolute Gasteiger partial charge is 0.243 e. The topological polar surface area (TPSA) is 192 Å². The number of likely N-dealkylation sites (N-methyl/N-ethyl adjacent to an activating group) is 1. The largest absolute Gasteiger partial charge is 0.368 e. The van der Waals surface area contributed by atoms with Gasteiger partial charge in [-0.1, -0.05) is 111 Å². The van der Waals surface area contributed by atoms with E-state index >= 15 is 0 Å². The zero-order valence-electron chi connectivity index (χ0n) is 35.8. The summed E-state index contributed by atoms with van der Waals surface area (Å²) >= 11 is 0. The summed E-state index contributed by atoms with van der Waals surface area (Å²) in [4.78, 5) is 73.4. The van der Waals surface area contributed by atoms with Gasteiger partial charge in [0.2, 0.25) is 29.5 Å². The summed E-state index contributed by atoms with van der Waals surface area (Å²) < 4.78 is 2.07. The summed E-state index contributed by atoms with van der Waals surface area (Å²) in [7, 11) is 1.70. The number of aromatic amines is 1. The minimum absolute atomic E-state index is 0.0493. The molecule has 0 aliphatic heterocycles. The SMILES string of the molecule is CCn1cc(C[C@@H](NC(=O)[C@H](Cc2ccccc2)NC(=O)[C@@H](Cc2c[nH]c3ccccc23)NC(=O)[C@@H](Cc2ccccc2)NC)C(=O)N[C@@H](CC(C)C)C(N)=O)c2ccccc21. The Morgan fingerprint density at radius 2 is 1.05 bits per heavy atom. The number of fused-ring (bicyclic) bond motifs is 2. The monoisotopic (exact) mass is 838 g/mol. The van der Waals surface area contributed by atoms with Crippen LogP contribution in [0.1, 0.15) is 49.4 Å². The molecule has 5 amide bonds. The number of carbonyl (C=O) groups is 5. The number of nitrogens with two attached hydrogens (primary N) is 1. The van der Waals surface area contributed by atoms with Crippen LogP contribution >= 0.6 is 0 Å². The maximum absolute atomic E-state index is 14.7. The lowest BCUT2D eigenvalue weighted by molar-refractivity contribution is -0.134. The van der Waals surface area contributed by atoms with E-state index in [0.29, 0.717) is 19.4 Å². The van der Waals surface area contributed by atoms with Crippen molar-refractivity contribution < 1.29 is 24.0 Å². The van der Waals surface area contributed by atoms with Gasteiger partial charge < -0.3 is 41.9 Å². The fourth-order valence-corrected chi connectivity index (χ4v) is 7.95. The molecule has 4 aromatic carbocycles. The number of H-pyrrole nitrogens is 1. The highest BCUT2D eigenvalue weighted by molar-refractivity contribution is 5.97. The molecule has 2 heterocycles. The number of carbonyl (C=O) groups excluding carboxylic acids is 5. The van der Waals surface area contributed by atoms with Gasteiger partial charge in [-0.3, -0.25) is 24.0 Å². The lowest BCUT2D eigenvalue weighted by Crippen LogP contribution is -2.60. The Morgan fingerprint density at radius 3 is 1.60 bits per heavy atom. The van der Waals surface area contributed by atoms with Crippen LogP contribution in [0.4, 0.5) is 0 Å². The van der Waals surface area contributed by atoms with Crippen molar-refractivity contribution in [2.24, 2.45) is 11.7 Å². The fourth-order valence-electron chi connectivity index (χ4n) is 7.95. The van der Waals surface area contributed by atoms with E-state index in [4.69, 9.17) is 5.73 Å². The summed E-state index contributed by atoms with van der Waals surface area (Å²) in [5.41, 5.74) is 11.0. The number of rotatable bonds is 21. The third-order valence-corrected chi connectivity index (χ3v) is 11.2. The number of aromatic nitrogens is 2. The highest BCUT2D eigenvalue weighted by Gasteiger charge is 2.33. The van der Waals surface area contributed by atoms with Gasteiger partial charge in [-0.15, -0.1) is 0 Å². The van der Waals surface area contributed by atoms with Crippen molar-refractivity contribution in [3.63, 3.8) is 0 Å². The maximum atomic E-state index is 14.7. The molecule has 13 heteroatoms. The van der Waals surface area contributed by atoms with E-state index in [2.05, 4.69) is 36.1 Å². The van der Waals surface area contributed by atoms with E-state index in [0.717, 1.165) is 44.1 Å². The molecule has 0 saturated heterocycles. The molecule has 0 fully saturated rings. The second kappa shape index (κ2) is 21.2. The van der Waals surface area contributed by atoms with Crippen LogP contribution in [0.15, 0.2) is 122 Å². The van der Waals surface area contributed by atoms with Crippen LogP contribution in [-0.4, -0.2) is 76.3 Å². The molecule has 0 bridgehead atoms. The second-order valence-electron chi connectivity index (χ2n) is 16.2. The minimum atomic E-state index is -1.17. The Kier molecular flexibility index (Phi) is 15.3. The van der Waals surface area contributed by atoms with Gasteiger partial charge >= 0.3 is 0 Å². The number of primary amides is 1. The Labute approximate surface area is 362 Å². The molecule has 62 heavy (non-hydrogen) atoms. The van der Waals surface area contributed by atoms with Gasteiger partial charge in [0.15, 0.2) is 0 Å². The van der Waals surface area contributed by atoms with Crippen molar-refractivity contribution in [3.05, 3.63) is 144 Å². The van der Waals surface area contributed by atoms with Gasteiger partial charge in [0.1, 0.15) is 24.2 Å². The van der Waals surface area contributed by atoms with Crippen molar-refractivity contribution in [2.75, 3.05) is 7.05 Å². The molecule has 324 valence electrons. The summed E-state index contributed by atoms with van der Waals surface area (Å²) in [6, 6.07) is 29.3. The van der Waals surface area contributed by atoms with E-state index < -0.39 is 53.8 Å². The number of benzene rings is 4. The predicted molar refractivity (Wildman–Crippen MR) is 243 cm³/mol. The van der Waals surface area contributed by atoms with Gasteiger partial charge in [0, 0.05) is 60.0 Å². The molecule has 0 saturated carbocycles. The lowest BCUT2D eigenvalue weighted by atomic mass is 9.99. The van der Waals surface area contributed by atoms with Gasteiger partial charge in [-0.05, 0) is 67.1 Å². The number of hydrogen-bond donors (Lipinski definition) is 7. The van der Waals surface area contributed by atoms with Gasteiger partial charge in [0.05, 0.1) is 6.04 Å². The molecule has 0 aliphatic rings. The zero-order valence-corrected chi connectivity index (χ0v) is 35.8. The average Bonchev–Trinajstić information content (AvgIpc) is 3.85. The van der Waals surface area contributed by atoms with Crippen molar-refractivity contribution in [1.29, 1.82) is 0 Å². The average molecular weight is 839 g/mol. The molecule has 0 radical (unpaired) electrons. The second-order valence-corrected chi connectivity index (χ2v) is 16.2. The van der Waals surface area contributed by atoms with Crippen LogP contribution in [0.2, 0.25) is 0 Å². The number of nitrogens with zero attached hydrogens (tertiary/aromatic N) is 1. The minimum Gasteiger partial charge on any atom is -0.368 e. The quantitative estimate of drug-likeness (QED) is 0.0560. The number of para-hydroxylation sites is 2. The summed E-state index contributed by atoms with van der Waals surface area (Å²) in [5, 5.41) is 16.6. The highest BCUT2D eigenvalue weighted by Crippen LogP contribution is 2.24. The predicted octanol–water partition coefficient (Wildman–Crippen LogP) is 4.47. The zero-order chi connectivity index (χ0) is 44.2. The Balaban J connectivity index is 1.32. The molecule has 0 aliphatic carbocycles. The molecule has 8 N–H and O–H groups in total. The number of aryl methyl sites for hydroxylation is 1. The fraction of sp³-hybridized carbons (Fsp3) is 0.327. The van der Waals surface area contributed by atoms with E-state index in [1.165, 1.54) is 0 Å². The van der Waals surface area contributed by atoms with Crippen LogP contribution in [0.5, 0.6) is 0 Å². The first kappa shape index (κ1) is 44.8.